The molecule has 2 N–H and O–H groups in total. The number of fused-ring (bicyclic) bond motifs is 3. The highest BCUT2D eigenvalue weighted by Crippen LogP contribution is 2.28. The van der Waals surface area contributed by atoms with Gasteiger partial charge in [0.05, 0.1) is 0 Å². The quantitative estimate of drug-likeness (QED) is 0.809. The molecule has 96 valence electrons. The molecular formula is C15H20N2O. The number of hydrogen-bond acceptors (Lipinski definition) is 2. The summed E-state index contributed by atoms with van der Waals surface area (Å²) >= 11 is 0. The summed E-state index contributed by atoms with van der Waals surface area (Å²) in [5, 5.41) is 10.8. The number of aryl methyl sites for hydroxylation is 1. The lowest BCUT2D eigenvalue weighted by atomic mass is 10.0. The molecule has 3 rings (SSSR count). The van der Waals surface area contributed by atoms with Crippen molar-refractivity contribution in [3.63, 3.8) is 0 Å². The van der Waals surface area contributed by atoms with Gasteiger partial charge in [0.2, 0.25) is 0 Å². The summed E-state index contributed by atoms with van der Waals surface area (Å²) in [4.78, 5) is 6.02. The average Bonchev–Trinajstić information content (AvgIpc) is 2.66. The highest BCUT2D eigenvalue weighted by atomic mass is 16.3. The summed E-state index contributed by atoms with van der Waals surface area (Å²) in [5.41, 5.74) is 3.92. The van der Waals surface area contributed by atoms with Crippen LogP contribution in [-0.4, -0.2) is 34.6 Å². The van der Waals surface area contributed by atoms with E-state index in [9.17, 15) is 5.11 Å². The highest BCUT2D eigenvalue weighted by Gasteiger charge is 2.16. The molecule has 1 aromatic heterocycles. The van der Waals surface area contributed by atoms with Crippen LogP contribution < -0.4 is 0 Å². The fourth-order valence-corrected chi connectivity index (χ4v) is 2.97. The van der Waals surface area contributed by atoms with Gasteiger partial charge in [-0.25, -0.2) is 0 Å². The number of aromatic hydroxyl groups is 1. The normalized spacial score (nSPS) is 17.4. The molecule has 0 atom stereocenters. The Hall–Kier alpha value is -1.48. The van der Waals surface area contributed by atoms with Gasteiger partial charge in [0.1, 0.15) is 5.75 Å². The van der Waals surface area contributed by atoms with Crippen molar-refractivity contribution in [3.05, 3.63) is 29.5 Å². The monoisotopic (exact) mass is 244 g/mol. The Labute approximate surface area is 107 Å². The first-order chi connectivity index (χ1) is 8.78. The molecule has 1 aromatic carbocycles. The van der Waals surface area contributed by atoms with E-state index in [4.69, 9.17) is 0 Å². The number of aromatic nitrogens is 1. The van der Waals surface area contributed by atoms with Gasteiger partial charge in [0.25, 0.3) is 0 Å². The van der Waals surface area contributed by atoms with Crippen molar-refractivity contribution in [2.75, 3.05) is 19.6 Å². The number of nitrogens with one attached hydrogen (secondary N) is 1. The van der Waals surface area contributed by atoms with E-state index >= 15 is 0 Å². The average molecular weight is 244 g/mol. The number of phenolic OH excluding ortho intramolecular Hbond substituents is 1. The summed E-state index contributed by atoms with van der Waals surface area (Å²) in [6, 6.07) is 5.63. The highest BCUT2D eigenvalue weighted by molar-refractivity contribution is 5.86. The van der Waals surface area contributed by atoms with E-state index in [1.807, 2.05) is 12.1 Å². The predicted octanol–water partition coefficient (Wildman–Crippen LogP) is 2.68. The number of H-pyrrole nitrogens is 1. The lowest BCUT2D eigenvalue weighted by Gasteiger charge is -2.22. The van der Waals surface area contributed by atoms with Crippen LogP contribution in [0.25, 0.3) is 10.9 Å². The van der Waals surface area contributed by atoms with Gasteiger partial charge < -0.3 is 15.0 Å². The Morgan fingerprint density at radius 1 is 1.28 bits per heavy atom. The van der Waals surface area contributed by atoms with Gasteiger partial charge in [-0.3, -0.25) is 0 Å². The third kappa shape index (κ3) is 1.99. The van der Waals surface area contributed by atoms with Crippen molar-refractivity contribution >= 4 is 10.9 Å². The van der Waals surface area contributed by atoms with Crippen molar-refractivity contribution < 1.29 is 5.11 Å². The maximum atomic E-state index is 9.65. The summed E-state index contributed by atoms with van der Waals surface area (Å²) < 4.78 is 0. The van der Waals surface area contributed by atoms with E-state index < -0.39 is 0 Å². The van der Waals surface area contributed by atoms with Crippen LogP contribution in [0.4, 0.5) is 0 Å². The first kappa shape index (κ1) is 11.6. The van der Waals surface area contributed by atoms with Crippen LogP contribution in [0.15, 0.2) is 18.2 Å². The third-order valence-electron chi connectivity index (χ3n) is 4.00. The molecule has 0 spiro atoms. The van der Waals surface area contributed by atoms with Crippen LogP contribution in [-0.2, 0) is 12.8 Å². The topological polar surface area (TPSA) is 39.3 Å². The number of hydrogen-bond donors (Lipinski definition) is 2. The molecule has 3 nitrogen and oxygen atoms in total. The Kier molecular flexibility index (Phi) is 3.00. The van der Waals surface area contributed by atoms with Crippen LogP contribution in [0.5, 0.6) is 5.75 Å². The number of rotatable bonds is 1. The number of benzene rings is 1. The summed E-state index contributed by atoms with van der Waals surface area (Å²) in [5.74, 6) is 0.360. The van der Waals surface area contributed by atoms with Crippen LogP contribution in [0.3, 0.4) is 0 Å². The second-order valence-electron chi connectivity index (χ2n) is 5.10. The van der Waals surface area contributed by atoms with Crippen LogP contribution in [0.2, 0.25) is 0 Å². The minimum absolute atomic E-state index is 0.360. The van der Waals surface area contributed by atoms with E-state index in [0.717, 1.165) is 31.4 Å². The molecule has 0 saturated heterocycles. The van der Waals surface area contributed by atoms with Gasteiger partial charge in [0, 0.05) is 23.1 Å². The van der Waals surface area contributed by atoms with Crippen molar-refractivity contribution in [1.82, 2.24) is 9.88 Å². The van der Waals surface area contributed by atoms with Gasteiger partial charge in [0.15, 0.2) is 0 Å². The zero-order chi connectivity index (χ0) is 12.5. The van der Waals surface area contributed by atoms with Crippen molar-refractivity contribution in [1.29, 1.82) is 0 Å². The Morgan fingerprint density at radius 3 is 3.00 bits per heavy atom. The molecular weight excluding hydrogens is 224 g/mol. The molecule has 18 heavy (non-hydrogen) atoms. The van der Waals surface area contributed by atoms with Crippen LogP contribution in [0.1, 0.15) is 24.6 Å². The van der Waals surface area contributed by atoms with Gasteiger partial charge >= 0.3 is 0 Å². The number of likely N-dealkylation sites (N-methyl/N-ethyl adjacent to an activating group) is 1. The molecule has 1 aliphatic rings. The van der Waals surface area contributed by atoms with Gasteiger partial charge in [-0.2, -0.15) is 0 Å². The Morgan fingerprint density at radius 2 is 2.17 bits per heavy atom. The number of nitrogens with zero attached hydrogens (tertiary/aromatic N) is 1. The van der Waals surface area contributed by atoms with Gasteiger partial charge in [-0.15, -0.1) is 0 Å². The lowest BCUT2D eigenvalue weighted by molar-refractivity contribution is 0.283. The summed E-state index contributed by atoms with van der Waals surface area (Å²) in [6.07, 6.45) is 3.40. The second-order valence-corrected chi connectivity index (χ2v) is 5.10. The lowest BCUT2D eigenvalue weighted by Crippen LogP contribution is -2.29. The molecule has 2 aromatic rings. The maximum absolute atomic E-state index is 9.65. The Bertz CT molecular complexity index is 559. The van der Waals surface area contributed by atoms with E-state index in [-0.39, 0.29) is 0 Å². The van der Waals surface area contributed by atoms with E-state index in [1.54, 1.807) is 6.07 Å². The standard InChI is InChI=1S/C15H20N2O/c1-2-17-8-3-4-14-12(7-9-17)13-10-11(18)5-6-15(13)16-14/h5-6,10,16,18H,2-4,7-9H2,1H3. The van der Waals surface area contributed by atoms with Gasteiger partial charge in [-0.05, 0) is 56.1 Å². The Balaban J connectivity index is 2.03. The predicted molar refractivity (Wildman–Crippen MR) is 74.1 cm³/mol. The molecule has 0 aliphatic carbocycles. The largest absolute Gasteiger partial charge is 0.508 e. The summed E-state index contributed by atoms with van der Waals surface area (Å²) in [6.45, 7) is 5.66. The minimum Gasteiger partial charge on any atom is -0.508 e. The second kappa shape index (κ2) is 4.65. The maximum Gasteiger partial charge on any atom is 0.116 e. The fourth-order valence-electron chi connectivity index (χ4n) is 2.97. The summed E-state index contributed by atoms with van der Waals surface area (Å²) in [7, 11) is 0. The first-order valence-corrected chi connectivity index (χ1v) is 6.82. The van der Waals surface area contributed by atoms with Crippen LogP contribution >= 0.6 is 0 Å². The SMILES string of the molecule is CCN1CCCc2[nH]c3ccc(O)cc3c2CC1. The number of aromatic amines is 1. The minimum atomic E-state index is 0.360. The molecule has 0 fully saturated rings. The number of phenols is 1. The van der Waals surface area contributed by atoms with E-state index in [1.165, 1.54) is 29.6 Å². The van der Waals surface area contributed by atoms with Gasteiger partial charge in [-0.1, -0.05) is 6.92 Å². The van der Waals surface area contributed by atoms with E-state index in [2.05, 4.69) is 16.8 Å². The molecule has 3 heteroatoms. The molecule has 0 bridgehead atoms. The van der Waals surface area contributed by atoms with Crippen molar-refractivity contribution in [2.24, 2.45) is 0 Å². The van der Waals surface area contributed by atoms with Crippen molar-refractivity contribution in [3.8, 4) is 5.75 Å². The molecule has 1 aliphatic heterocycles. The fraction of sp³-hybridized carbons (Fsp3) is 0.467. The smallest absolute Gasteiger partial charge is 0.116 e. The molecule has 0 radical (unpaired) electrons. The first-order valence-electron chi connectivity index (χ1n) is 6.82. The molecule has 0 unspecified atom stereocenters. The molecule has 0 saturated carbocycles. The molecule has 0 amide bonds. The van der Waals surface area contributed by atoms with Crippen molar-refractivity contribution in [2.45, 2.75) is 26.2 Å². The van der Waals surface area contributed by atoms with E-state index in [0.29, 0.717) is 5.75 Å². The zero-order valence-electron chi connectivity index (χ0n) is 10.9. The molecule has 2 heterocycles. The third-order valence-corrected chi connectivity index (χ3v) is 4.00. The van der Waals surface area contributed by atoms with Crippen LogP contribution in [0, 0.1) is 0 Å². The zero-order valence-corrected chi connectivity index (χ0v) is 10.9.